The smallest absolute Gasteiger partial charge is 0.318 e. The Bertz CT molecular complexity index is 899. The number of hydrogen-bond acceptors (Lipinski definition) is 3. The lowest BCUT2D eigenvalue weighted by atomic mass is 9.81. The minimum absolute atomic E-state index is 0.0268. The lowest BCUT2D eigenvalue weighted by Crippen LogP contribution is -2.50. The minimum Gasteiger partial charge on any atom is -0.394 e. The van der Waals surface area contributed by atoms with E-state index >= 15 is 0 Å². The maximum atomic E-state index is 13.3. The van der Waals surface area contributed by atoms with Crippen LogP contribution in [0.2, 0.25) is 0 Å². The van der Waals surface area contributed by atoms with Crippen molar-refractivity contribution in [3.63, 3.8) is 0 Å². The van der Waals surface area contributed by atoms with Gasteiger partial charge >= 0.3 is 6.03 Å². The lowest BCUT2D eigenvalue weighted by Gasteiger charge is -2.44. The number of likely N-dealkylation sites (N-methyl/N-ethyl adjacent to an activating group) is 1. The average Bonchev–Trinajstić information content (AvgIpc) is 3.13. The first-order chi connectivity index (χ1) is 13.9. The molecule has 4 rings (SSSR count). The molecule has 154 valence electrons. The first-order valence-electron chi connectivity index (χ1n) is 10.2. The van der Waals surface area contributed by atoms with Crippen molar-refractivity contribution in [3.8, 4) is 11.1 Å². The SMILES string of the molecule is CC(C)NC(=O)N1CC[C@@H]2[C@@H](CO)N(C)c3ccc(-c4ccc(F)cc4)cc3[C@@H]21. The van der Waals surface area contributed by atoms with Crippen LogP contribution in [0, 0.1) is 11.7 Å². The van der Waals surface area contributed by atoms with Gasteiger partial charge in [0.15, 0.2) is 0 Å². The number of nitrogens with one attached hydrogen (secondary N) is 1. The highest BCUT2D eigenvalue weighted by atomic mass is 19.1. The number of amides is 2. The fourth-order valence-corrected chi connectivity index (χ4v) is 4.83. The minimum atomic E-state index is -0.260. The van der Waals surface area contributed by atoms with Crippen LogP contribution >= 0.6 is 0 Å². The number of anilines is 1. The number of carbonyl (C=O) groups excluding carboxylic acids is 1. The number of likely N-dealkylation sites (tertiary alicyclic amines) is 1. The topological polar surface area (TPSA) is 55.8 Å². The molecule has 6 heteroatoms. The number of fused-ring (bicyclic) bond motifs is 3. The predicted molar refractivity (Wildman–Crippen MR) is 112 cm³/mol. The summed E-state index contributed by atoms with van der Waals surface area (Å²) in [4.78, 5) is 16.9. The maximum absolute atomic E-state index is 13.3. The number of rotatable bonds is 3. The Balaban J connectivity index is 1.78. The summed E-state index contributed by atoms with van der Waals surface area (Å²) in [7, 11) is 2.00. The Labute approximate surface area is 171 Å². The third-order valence-corrected chi connectivity index (χ3v) is 6.20. The zero-order valence-electron chi connectivity index (χ0n) is 17.1. The van der Waals surface area contributed by atoms with E-state index in [1.54, 1.807) is 12.1 Å². The van der Waals surface area contributed by atoms with Gasteiger partial charge in [-0.1, -0.05) is 18.2 Å². The van der Waals surface area contributed by atoms with Gasteiger partial charge < -0.3 is 20.2 Å². The van der Waals surface area contributed by atoms with Crippen LogP contribution in [-0.2, 0) is 0 Å². The molecule has 1 saturated heterocycles. The van der Waals surface area contributed by atoms with Crippen molar-refractivity contribution in [3.05, 3.63) is 53.8 Å². The molecular formula is C23H28FN3O2. The van der Waals surface area contributed by atoms with Crippen molar-refractivity contribution in [2.45, 2.75) is 38.4 Å². The van der Waals surface area contributed by atoms with E-state index < -0.39 is 0 Å². The van der Waals surface area contributed by atoms with Crippen molar-refractivity contribution in [2.75, 3.05) is 25.1 Å². The fraction of sp³-hybridized carbons (Fsp3) is 0.435. The van der Waals surface area contributed by atoms with Gasteiger partial charge in [-0.3, -0.25) is 0 Å². The summed E-state index contributed by atoms with van der Waals surface area (Å²) in [6.07, 6.45) is 0.853. The number of halogens is 1. The first kappa shape index (κ1) is 19.7. The molecule has 0 radical (unpaired) electrons. The second-order valence-corrected chi connectivity index (χ2v) is 8.34. The van der Waals surface area contributed by atoms with Gasteiger partial charge in [-0.05, 0) is 61.2 Å². The van der Waals surface area contributed by atoms with Gasteiger partial charge in [-0.15, -0.1) is 0 Å². The van der Waals surface area contributed by atoms with E-state index in [9.17, 15) is 14.3 Å². The van der Waals surface area contributed by atoms with Crippen LogP contribution in [0.4, 0.5) is 14.9 Å². The molecule has 2 N–H and O–H groups in total. The Kier molecular flexibility index (Phi) is 5.21. The van der Waals surface area contributed by atoms with Gasteiger partial charge in [0, 0.05) is 31.2 Å². The molecule has 0 aliphatic carbocycles. The van der Waals surface area contributed by atoms with Gasteiger partial charge in [0.1, 0.15) is 5.82 Å². The van der Waals surface area contributed by atoms with E-state index in [1.807, 2.05) is 37.9 Å². The molecule has 29 heavy (non-hydrogen) atoms. The van der Waals surface area contributed by atoms with Crippen molar-refractivity contribution in [2.24, 2.45) is 5.92 Å². The number of aliphatic hydroxyl groups is 1. The van der Waals surface area contributed by atoms with Crippen LogP contribution in [-0.4, -0.2) is 48.3 Å². The highest BCUT2D eigenvalue weighted by Crippen LogP contribution is 2.49. The van der Waals surface area contributed by atoms with Gasteiger partial charge in [0.25, 0.3) is 0 Å². The second-order valence-electron chi connectivity index (χ2n) is 8.34. The van der Waals surface area contributed by atoms with E-state index in [0.29, 0.717) is 6.54 Å². The van der Waals surface area contributed by atoms with Crippen LogP contribution in [0.3, 0.4) is 0 Å². The van der Waals surface area contributed by atoms with Crippen molar-refractivity contribution in [1.82, 2.24) is 10.2 Å². The summed E-state index contributed by atoms with van der Waals surface area (Å²) in [5.74, 6) is -0.0940. The summed E-state index contributed by atoms with van der Waals surface area (Å²) in [5, 5.41) is 13.1. The van der Waals surface area contributed by atoms with Gasteiger partial charge in [0.2, 0.25) is 0 Å². The predicted octanol–water partition coefficient (Wildman–Crippen LogP) is 3.78. The van der Waals surface area contributed by atoms with Gasteiger partial charge in [0.05, 0.1) is 18.7 Å². The molecule has 0 aromatic heterocycles. The van der Waals surface area contributed by atoms with Gasteiger partial charge in [-0.2, -0.15) is 0 Å². The molecule has 2 aromatic rings. The summed E-state index contributed by atoms with van der Waals surface area (Å²) < 4.78 is 13.3. The molecule has 2 aliphatic rings. The monoisotopic (exact) mass is 397 g/mol. The Morgan fingerprint density at radius 2 is 1.90 bits per heavy atom. The highest BCUT2D eigenvalue weighted by molar-refractivity contribution is 5.77. The first-order valence-corrected chi connectivity index (χ1v) is 10.2. The number of hydrogen-bond donors (Lipinski definition) is 2. The Morgan fingerprint density at radius 3 is 2.55 bits per heavy atom. The summed E-state index contributed by atoms with van der Waals surface area (Å²) in [6, 6.07) is 12.5. The molecule has 1 fully saturated rings. The van der Waals surface area contributed by atoms with Crippen LogP contribution in [0.15, 0.2) is 42.5 Å². The summed E-state index contributed by atoms with van der Waals surface area (Å²) in [6.45, 7) is 4.63. The van der Waals surface area contributed by atoms with E-state index in [0.717, 1.165) is 28.8 Å². The quantitative estimate of drug-likeness (QED) is 0.829. The third kappa shape index (κ3) is 3.46. The third-order valence-electron chi connectivity index (χ3n) is 6.20. The highest BCUT2D eigenvalue weighted by Gasteiger charge is 2.47. The molecule has 0 spiro atoms. The molecule has 2 heterocycles. The molecule has 0 bridgehead atoms. The largest absolute Gasteiger partial charge is 0.394 e. The lowest BCUT2D eigenvalue weighted by molar-refractivity contribution is 0.159. The van der Waals surface area contributed by atoms with E-state index in [2.05, 4.69) is 16.3 Å². The molecule has 2 aliphatic heterocycles. The summed E-state index contributed by atoms with van der Waals surface area (Å²) >= 11 is 0. The number of nitrogens with zero attached hydrogens (tertiary/aromatic N) is 2. The molecular weight excluding hydrogens is 369 g/mol. The molecule has 2 amide bonds. The molecule has 0 unspecified atom stereocenters. The average molecular weight is 397 g/mol. The fourth-order valence-electron chi connectivity index (χ4n) is 4.83. The summed E-state index contributed by atoms with van der Waals surface area (Å²) in [5.41, 5.74) is 4.05. The zero-order chi connectivity index (χ0) is 20.7. The van der Waals surface area contributed by atoms with E-state index in [4.69, 9.17) is 0 Å². The van der Waals surface area contributed by atoms with Crippen LogP contribution in [0.1, 0.15) is 31.9 Å². The van der Waals surface area contributed by atoms with Crippen molar-refractivity contribution in [1.29, 1.82) is 0 Å². The number of carbonyl (C=O) groups is 1. The van der Waals surface area contributed by atoms with Crippen molar-refractivity contribution < 1.29 is 14.3 Å². The van der Waals surface area contributed by atoms with E-state index in [-0.39, 0.29) is 42.5 Å². The van der Waals surface area contributed by atoms with Gasteiger partial charge in [-0.25, -0.2) is 9.18 Å². The molecule has 0 saturated carbocycles. The zero-order valence-corrected chi connectivity index (χ0v) is 17.1. The van der Waals surface area contributed by atoms with E-state index in [1.165, 1.54) is 12.1 Å². The second kappa shape index (κ2) is 7.67. The van der Waals surface area contributed by atoms with Crippen LogP contribution in [0.25, 0.3) is 11.1 Å². The van der Waals surface area contributed by atoms with Crippen LogP contribution in [0.5, 0.6) is 0 Å². The molecule has 3 atom stereocenters. The normalized spacial score (nSPS) is 23.2. The van der Waals surface area contributed by atoms with Crippen molar-refractivity contribution >= 4 is 11.7 Å². The molecule has 2 aromatic carbocycles. The standard InChI is InChI=1S/C23H28FN3O2/c1-14(2)25-23(29)27-11-10-18-21(13-28)26(3)20-9-6-16(12-19(20)22(18)27)15-4-7-17(24)8-5-15/h4-9,12,14,18,21-22,28H,10-11,13H2,1-3H3,(H,25,29)/t18-,21-,22-/m1/s1. The maximum Gasteiger partial charge on any atom is 0.318 e. The molecule has 5 nitrogen and oxygen atoms in total. The number of urea groups is 1. The van der Waals surface area contributed by atoms with Crippen LogP contribution < -0.4 is 10.2 Å². The Hall–Kier alpha value is -2.60. The Morgan fingerprint density at radius 1 is 1.21 bits per heavy atom. The number of benzene rings is 2. The number of aliphatic hydroxyl groups excluding tert-OH is 1.